The lowest BCUT2D eigenvalue weighted by atomic mass is 9.85. The first kappa shape index (κ1) is 14.7. The molecule has 2 amide bonds. The molecule has 2 bridgehead atoms. The van der Waals surface area contributed by atoms with E-state index < -0.39 is 52.6 Å². The topological polar surface area (TPSA) is 46.6 Å². The van der Waals surface area contributed by atoms with E-state index in [0.717, 1.165) is 17.0 Å². The molecule has 0 aliphatic carbocycles. The largest absolute Gasteiger partial charge is 0.417 e. The Balaban J connectivity index is 1.75. The van der Waals surface area contributed by atoms with Crippen molar-refractivity contribution in [1.82, 2.24) is 0 Å². The third-order valence-electron chi connectivity index (χ3n) is 4.42. The standard InChI is InChI=1S/C15H9ClF3NO3/c16-8-2-1-6(5-7(8)15(17,18)19)20-13(21)11-9-3-4-10(23-9)12(11)14(20)22/h1-5,9-12H/t9-,10-,11-,12+/m0/s1. The lowest BCUT2D eigenvalue weighted by Crippen LogP contribution is -2.34. The van der Waals surface area contributed by atoms with Crippen LogP contribution in [0.2, 0.25) is 5.02 Å². The average molecular weight is 344 g/mol. The van der Waals surface area contributed by atoms with Gasteiger partial charge in [0.25, 0.3) is 0 Å². The molecule has 1 aromatic carbocycles. The average Bonchev–Trinajstić information content (AvgIpc) is 3.13. The SMILES string of the molecule is O=C1[C@@H]2[C@H](C(=O)N1c1ccc(Cl)c(C(F)(F)F)c1)[C@@H]1C=C[C@@H]2O1. The molecule has 120 valence electrons. The fourth-order valence-electron chi connectivity index (χ4n) is 3.43. The summed E-state index contributed by atoms with van der Waals surface area (Å²) in [5, 5.41) is -0.481. The van der Waals surface area contributed by atoms with Crippen molar-refractivity contribution >= 4 is 29.1 Å². The van der Waals surface area contributed by atoms with Crippen LogP contribution in [0.15, 0.2) is 30.4 Å². The van der Waals surface area contributed by atoms with Gasteiger partial charge in [0.1, 0.15) is 0 Å². The zero-order valence-corrected chi connectivity index (χ0v) is 12.1. The van der Waals surface area contributed by atoms with Gasteiger partial charge in [0, 0.05) is 0 Å². The van der Waals surface area contributed by atoms with Gasteiger partial charge < -0.3 is 4.74 Å². The number of anilines is 1. The number of amides is 2. The lowest BCUT2D eigenvalue weighted by molar-refractivity contribution is -0.137. The number of imide groups is 1. The van der Waals surface area contributed by atoms with E-state index >= 15 is 0 Å². The minimum atomic E-state index is -4.67. The highest BCUT2D eigenvalue weighted by Crippen LogP contribution is 2.47. The first-order valence-corrected chi connectivity index (χ1v) is 7.25. The summed E-state index contributed by atoms with van der Waals surface area (Å²) in [5.41, 5.74) is -1.20. The minimum absolute atomic E-state index is 0.120. The number of carbonyl (C=O) groups is 2. The molecule has 3 aliphatic rings. The maximum atomic E-state index is 13.0. The van der Waals surface area contributed by atoms with Crippen LogP contribution < -0.4 is 4.90 Å². The zero-order valence-electron chi connectivity index (χ0n) is 11.4. The van der Waals surface area contributed by atoms with E-state index in [-0.39, 0.29) is 5.69 Å². The van der Waals surface area contributed by atoms with E-state index in [1.54, 1.807) is 12.2 Å². The van der Waals surface area contributed by atoms with Gasteiger partial charge in [0.15, 0.2) is 0 Å². The van der Waals surface area contributed by atoms with Crippen molar-refractivity contribution in [3.8, 4) is 0 Å². The summed E-state index contributed by atoms with van der Waals surface area (Å²) in [6, 6.07) is 3.01. The molecule has 3 heterocycles. The number of rotatable bonds is 1. The summed E-state index contributed by atoms with van der Waals surface area (Å²) in [5.74, 6) is -2.40. The molecular weight excluding hydrogens is 335 g/mol. The van der Waals surface area contributed by atoms with Gasteiger partial charge >= 0.3 is 6.18 Å². The summed E-state index contributed by atoms with van der Waals surface area (Å²) in [6.45, 7) is 0. The molecule has 4 nitrogen and oxygen atoms in total. The van der Waals surface area contributed by atoms with Crippen LogP contribution in [0.3, 0.4) is 0 Å². The molecule has 2 saturated heterocycles. The summed E-state index contributed by atoms with van der Waals surface area (Å²) >= 11 is 5.57. The van der Waals surface area contributed by atoms with Crippen molar-refractivity contribution < 1.29 is 27.5 Å². The summed E-state index contributed by atoms with van der Waals surface area (Å²) in [4.78, 5) is 25.8. The van der Waals surface area contributed by atoms with Crippen LogP contribution in [0.25, 0.3) is 0 Å². The van der Waals surface area contributed by atoms with Crippen LogP contribution in [-0.4, -0.2) is 24.0 Å². The Morgan fingerprint density at radius 1 is 1.04 bits per heavy atom. The molecular formula is C15H9ClF3NO3. The first-order valence-electron chi connectivity index (χ1n) is 6.87. The Morgan fingerprint density at radius 3 is 2.13 bits per heavy atom. The Hall–Kier alpha value is -1.86. The molecule has 4 rings (SSSR count). The second kappa shape index (κ2) is 4.58. The van der Waals surface area contributed by atoms with Gasteiger partial charge in [0.2, 0.25) is 11.8 Å². The molecule has 4 atom stereocenters. The summed E-state index contributed by atoms with van der Waals surface area (Å²) in [6.07, 6.45) is -2.22. The van der Waals surface area contributed by atoms with Crippen molar-refractivity contribution in [2.75, 3.05) is 4.90 Å². The van der Waals surface area contributed by atoms with Gasteiger partial charge in [-0.1, -0.05) is 23.8 Å². The van der Waals surface area contributed by atoms with E-state index in [1.807, 2.05) is 0 Å². The first-order chi connectivity index (χ1) is 10.8. The third-order valence-corrected chi connectivity index (χ3v) is 4.75. The van der Waals surface area contributed by atoms with Gasteiger partial charge in [-0.3, -0.25) is 9.59 Å². The predicted molar refractivity (Wildman–Crippen MR) is 73.7 cm³/mol. The van der Waals surface area contributed by atoms with Crippen molar-refractivity contribution in [3.63, 3.8) is 0 Å². The van der Waals surface area contributed by atoms with Crippen molar-refractivity contribution in [2.24, 2.45) is 11.8 Å². The highest BCUT2D eigenvalue weighted by atomic mass is 35.5. The number of nitrogens with zero attached hydrogens (tertiary/aromatic N) is 1. The molecule has 0 radical (unpaired) electrons. The van der Waals surface area contributed by atoms with Crippen LogP contribution >= 0.6 is 11.6 Å². The number of ether oxygens (including phenoxy) is 1. The molecule has 0 saturated carbocycles. The summed E-state index contributed by atoms with van der Waals surface area (Å²) < 4.78 is 44.4. The van der Waals surface area contributed by atoms with E-state index in [0.29, 0.717) is 0 Å². The maximum absolute atomic E-state index is 13.0. The highest BCUT2D eigenvalue weighted by Gasteiger charge is 2.61. The highest BCUT2D eigenvalue weighted by molar-refractivity contribution is 6.31. The Morgan fingerprint density at radius 2 is 1.61 bits per heavy atom. The van der Waals surface area contributed by atoms with E-state index in [9.17, 15) is 22.8 Å². The van der Waals surface area contributed by atoms with Crippen LogP contribution in [-0.2, 0) is 20.5 Å². The number of fused-ring (bicyclic) bond motifs is 5. The molecule has 2 fully saturated rings. The van der Waals surface area contributed by atoms with Gasteiger partial charge in [-0.15, -0.1) is 0 Å². The zero-order chi connectivity index (χ0) is 16.5. The molecule has 1 aromatic rings. The monoisotopic (exact) mass is 343 g/mol. The van der Waals surface area contributed by atoms with Crippen LogP contribution in [0.1, 0.15) is 5.56 Å². The number of hydrogen-bond acceptors (Lipinski definition) is 3. The van der Waals surface area contributed by atoms with E-state index in [1.165, 1.54) is 6.07 Å². The molecule has 0 aromatic heterocycles. The Labute approximate surface area is 133 Å². The Kier molecular flexibility index (Phi) is 2.93. The summed E-state index contributed by atoms with van der Waals surface area (Å²) in [7, 11) is 0. The number of hydrogen-bond donors (Lipinski definition) is 0. The van der Waals surface area contributed by atoms with Crippen molar-refractivity contribution in [2.45, 2.75) is 18.4 Å². The van der Waals surface area contributed by atoms with Gasteiger partial charge in [-0.25, -0.2) is 4.90 Å². The second-order valence-electron chi connectivity index (χ2n) is 5.68. The quantitative estimate of drug-likeness (QED) is 0.582. The Bertz CT molecular complexity index is 731. The van der Waals surface area contributed by atoms with Crippen LogP contribution in [0.4, 0.5) is 18.9 Å². The van der Waals surface area contributed by atoms with Gasteiger partial charge in [-0.2, -0.15) is 13.2 Å². The number of benzene rings is 1. The molecule has 3 aliphatic heterocycles. The van der Waals surface area contributed by atoms with Crippen LogP contribution in [0, 0.1) is 11.8 Å². The van der Waals surface area contributed by atoms with Crippen LogP contribution in [0.5, 0.6) is 0 Å². The number of carbonyl (C=O) groups excluding carboxylic acids is 2. The van der Waals surface area contributed by atoms with E-state index in [2.05, 4.69) is 0 Å². The lowest BCUT2D eigenvalue weighted by Gasteiger charge is -2.19. The fourth-order valence-corrected chi connectivity index (χ4v) is 3.65. The second-order valence-corrected chi connectivity index (χ2v) is 6.08. The van der Waals surface area contributed by atoms with Crippen molar-refractivity contribution in [3.05, 3.63) is 40.9 Å². The van der Waals surface area contributed by atoms with Crippen molar-refractivity contribution in [1.29, 1.82) is 0 Å². The predicted octanol–water partition coefficient (Wildman–Crippen LogP) is 2.80. The van der Waals surface area contributed by atoms with E-state index in [4.69, 9.17) is 16.3 Å². The molecule has 23 heavy (non-hydrogen) atoms. The third kappa shape index (κ3) is 1.96. The molecule has 8 heteroatoms. The molecule has 0 unspecified atom stereocenters. The molecule has 0 N–H and O–H groups in total. The number of alkyl halides is 3. The van der Waals surface area contributed by atoms with Gasteiger partial charge in [0.05, 0.1) is 40.3 Å². The number of halogens is 4. The fraction of sp³-hybridized carbons (Fsp3) is 0.333. The smallest absolute Gasteiger partial charge is 0.365 e. The maximum Gasteiger partial charge on any atom is 0.417 e. The normalized spacial score (nSPS) is 32.1. The minimum Gasteiger partial charge on any atom is -0.365 e. The van der Waals surface area contributed by atoms with Gasteiger partial charge in [-0.05, 0) is 18.2 Å². The molecule has 0 spiro atoms.